The van der Waals surface area contributed by atoms with Crippen LogP contribution in [-0.4, -0.2) is 21.0 Å². The molecule has 7 heteroatoms. The van der Waals surface area contributed by atoms with E-state index in [0.717, 1.165) is 26.8 Å². The Morgan fingerprint density at radius 3 is 2.76 bits per heavy atom. The van der Waals surface area contributed by atoms with Gasteiger partial charge in [0.1, 0.15) is 15.8 Å². The maximum absolute atomic E-state index is 11.4. The minimum absolute atomic E-state index is 0.0956. The second kappa shape index (κ2) is 6.27. The highest BCUT2D eigenvalue weighted by Gasteiger charge is 2.12. The van der Waals surface area contributed by atoms with Gasteiger partial charge in [-0.25, -0.2) is 9.97 Å². The van der Waals surface area contributed by atoms with Crippen molar-refractivity contribution in [1.29, 1.82) is 0 Å². The van der Waals surface area contributed by atoms with E-state index in [2.05, 4.69) is 16.0 Å². The molecule has 3 N–H and O–H groups in total. The molecule has 0 unspecified atom stereocenters. The van der Waals surface area contributed by atoms with Gasteiger partial charge in [0.2, 0.25) is 0 Å². The van der Waals surface area contributed by atoms with Crippen molar-refractivity contribution in [3.05, 3.63) is 63.4 Å². The van der Waals surface area contributed by atoms with E-state index < -0.39 is 5.91 Å². The summed E-state index contributed by atoms with van der Waals surface area (Å²) < 4.78 is 1.17. The molecule has 2 heterocycles. The fourth-order valence-corrected chi connectivity index (χ4v) is 4.41. The number of fused-ring (bicyclic) bond motifs is 1. The zero-order chi connectivity index (χ0) is 17.4. The third-order valence-corrected chi connectivity index (χ3v) is 5.64. The number of nitrogens with two attached hydrogens (primary N) is 1. The van der Waals surface area contributed by atoms with Gasteiger partial charge < -0.3 is 10.8 Å². The van der Waals surface area contributed by atoms with E-state index in [9.17, 15) is 9.90 Å². The van der Waals surface area contributed by atoms with Crippen molar-refractivity contribution >= 4 is 38.8 Å². The predicted molar refractivity (Wildman–Crippen MR) is 100 cm³/mol. The molecule has 1 amide bonds. The first kappa shape index (κ1) is 15.7. The Labute approximate surface area is 151 Å². The number of para-hydroxylation sites is 1. The van der Waals surface area contributed by atoms with E-state index >= 15 is 0 Å². The smallest absolute Gasteiger partial charge is 0.252 e. The lowest BCUT2D eigenvalue weighted by molar-refractivity contribution is 0.0998. The van der Waals surface area contributed by atoms with Crippen LogP contribution in [-0.2, 0) is 6.42 Å². The highest BCUT2D eigenvalue weighted by molar-refractivity contribution is 7.18. The summed E-state index contributed by atoms with van der Waals surface area (Å²) in [4.78, 5) is 20.6. The first-order valence-corrected chi connectivity index (χ1v) is 9.22. The number of rotatable bonds is 4. The molecule has 0 aliphatic rings. The number of carbonyl (C=O) groups excluding carboxylic acids is 1. The number of nitrogens with zero attached hydrogens (tertiary/aromatic N) is 2. The molecular weight excluding hydrogens is 354 g/mol. The molecule has 25 heavy (non-hydrogen) atoms. The topological polar surface area (TPSA) is 89.1 Å². The van der Waals surface area contributed by atoms with Crippen molar-refractivity contribution in [2.24, 2.45) is 5.73 Å². The largest absolute Gasteiger partial charge is 0.507 e. The van der Waals surface area contributed by atoms with Crippen LogP contribution in [0.3, 0.4) is 0 Å². The van der Waals surface area contributed by atoms with Crippen molar-refractivity contribution in [2.45, 2.75) is 6.42 Å². The number of primary amides is 1. The molecule has 0 saturated heterocycles. The molecule has 0 bridgehead atoms. The number of carbonyl (C=O) groups is 1. The predicted octanol–water partition coefficient (Wildman–Crippen LogP) is 3.82. The van der Waals surface area contributed by atoms with Crippen LogP contribution >= 0.6 is 22.7 Å². The molecule has 0 fully saturated rings. The SMILES string of the molecule is NC(=O)c1cc(-c2csc(Cc3nc4ccccc4s3)n2)ccc1O. The van der Waals surface area contributed by atoms with Crippen LogP contribution in [0.5, 0.6) is 5.75 Å². The zero-order valence-electron chi connectivity index (χ0n) is 13.0. The second-order valence-corrected chi connectivity index (χ2v) is 7.53. The van der Waals surface area contributed by atoms with Crippen molar-refractivity contribution < 1.29 is 9.90 Å². The molecule has 0 aliphatic heterocycles. The number of hydrogen-bond acceptors (Lipinski definition) is 6. The highest BCUT2D eigenvalue weighted by Crippen LogP contribution is 2.29. The second-order valence-electron chi connectivity index (χ2n) is 5.47. The number of hydrogen-bond donors (Lipinski definition) is 2. The van der Waals surface area contributed by atoms with Gasteiger partial charge in [-0.3, -0.25) is 4.79 Å². The van der Waals surface area contributed by atoms with Crippen LogP contribution in [0.4, 0.5) is 0 Å². The van der Waals surface area contributed by atoms with Gasteiger partial charge in [-0.1, -0.05) is 12.1 Å². The summed E-state index contributed by atoms with van der Waals surface area (Å²) in [6, 6.07) is 12.8. The van der Waals surface area contributed by atoms with Crippen LogP contribution in [0.25, 0.3) is 21.5 Å². The minimum atomic E-state index is -0.663. The van der Waals surface area contributed by atoms with E-state index in [4.69, 9.17) is 5.73 Å². The molecule has 5 nitrogen and oxygen atoms in total. The zero-order valence-corrected chi connectivity index (χ0v) is 14.6. The number of thiazole rings is 2. The molecule has 4 aromatic rings. The number of benzene rings is 2. The molecule has 0 aliphatic carbocycles. The summed E-state index contributed by atoms with van der Waals surface area (Å²) >= 11 is 3.21. The first-order valence-electron chi connectivity index (χ1n) is 7.52. The Bertz CT molecular complexity index is 1050. The van der Waals surface area contributed by atoms with Crippen molar-refractivity contribution in [3.63, 3.8) is 0 Å². The third-order valence-electron chi connectivity index (χ3n) is 3.75. The lowest BCUT2D eigenvalue weighted by atomic mass is 10.1. The molecule has 124 valence electrons. The summed E-state index contributed by atoms with van der Waals surface area (Å²) in [6.07, 6.45) is 0.671. The average molecular weight is 367 g/mol. The van der Waals surface area contributed by atoms with E-state index in [0.29, 0.717) is 6.42 Å². The standard InChI is InChI=1S/C18H13N3O2S2/c19-18(23)11-7-10(5-6-14(11)22)13-9-24-16(21-13)8-17-20-12-3-1-2-4-15(12)25-17/h1-7,9,22H,8H2,(H2,19,23). The van der Waals surface area contributed by atoms with Crippen LogP contribution in [0, 0.1) is 0 Å². The molecular formula is C18H13N3O2S2. The van der Waals surface area contributed by atoms with Crippen LogP contribution in [0.1, 0.15) is 20.4 Å². The summed E-state index contributed by atoms with van der Waals surface area (Å²) in [5, 5.41) is 13.6. The van der Waals surface area contributed by atoms with E-state index in [-0.39, 0.29) is 11.3 Å². The molecule has 0 radical (unpaired) electrons. The number of aromatic hydroxyl groups is 1. The number of amides is 1. The molecule has 0 saturated carbocycles. The lowest BCUT2D eigenvalue weighted by Crippen LogP contribution is -2.11. The van der Waals surface area contributed by atoms with Gasteiger partial charge in [0.25, 0.3) is 5.91 Å². The maximum atomic E-state index is 11.4. The Balaban J connectivity index is 1.62. The number of aromatic nitrogens is 2. The fraction of sp³-hybridized carbons (Fsp3) is 0.0556. The Hall–Kier alpha value is -2.77. The summed E-state index contributed by atoms with van der Waals surface area (Å²) in [7, 11) is 0. The van der Waals surface area contributed by atoms with Gasteiger partial charge >= 0.3 is 0 Å². The molecule has 0 atom stereocenters. The van der Waals surface area contributed by atoms with Crippen LogP contribution < -0.4 is 5.73 Å². The maximum Gasteiger partial charge on any atom is 0.252 e. The lowest BCUT2D eigenvalue weighted by Gasteiger charge is -2.02. The molecule has 2 aromatic heterocycles. The molecule has 4 rings (SSSR count). The fourth-order valence-electron chi connectivity index (χ4n) is 2.54. The quantitative estimate of drug-likeness (QED) is 0.574. The van der Waals surface area contributed by atoms with Gasteiger partial charge in [-0.05, 0) is 30.3 Å². The van der Waals surface area contributed by atoms with Crippen molar-refractivity contribution in [1.82, 2.24) is 9.97 Å². The van der Waals surface area contributed by atoms with Gasteiger partial charge in [0.15, 0.2) is 0 Å². The Morgan fingerprint density at radius 2 is 1.96 bits per heavy atom. The normalized spacial score (nSPS) is 11.0. The van der Waals surface area contributed by atoms with E-state index in [1.165, 1.54) is 10.8 Å². The van der Waals surface area contributed by atoms with Gasteiger partial charge in [0.05, 0.1) is 27.9 Å². The first-order chi connectivity index (χ1) is 12.1. The van der Waals surface area contributed by atoms with Crippen molar-refractivity contribution in [2.75, 3.05) is 0 Å². The summed E-state index contributed by atoms with van der Waals surface area (Å²) in [5.74, 6) is -0.787. The van der Waals surface area contributed by atoms with Gasteiger partial charge in [-0.15, -0.1) is 22.7 Å². The monoisotopic (exact) mass is 367 g/mol. The Morgan fingerprint density at radius 1 is 1.12 bits per heavy atom. The average Bonchev–Trinajstić information content (AvgIpc) is 3.21. The van der Waals surface area contributed by atoms with Crippen molar-refractivity contribution in [3.8, 4) is 17.0 Å². The van der Waals surface area contributed by atoms with E-state index in [1.807, 2.05) is 23.6 Å². The minimum Gasteiger partial charge on any atom is -0.507 e. The van der Waals surface area contributed by atoms with E-state index in [1.54, 1.807) is 34.8 Å². The molecule has 0 spiro atoms. The highest BCUT2D eigenvalue weighted by atomic mass is 32.1. The molecule has 2 aromatic carbocycles. The van der Waals surface area contributed by atoms with Crippen LogP contribution in [0.15, 0.2) is 47.8 Å². The summed E-state index contributed by atoms with van der Waals surface area (Å²) in [5.41, 5.74) is 7.88. The van der Waals surface area contributed by atoms with Crippen LogP contribution in [0.2, 0.25) is 0 Å². The third kappa shape index (κ3) is 3.11. The Kier molecular flexibility index (Phi) is 3.95. The number of phenols is 1. The van der Waals surface area contributed by atoms with Gasteiger partial charge in [-0.2, -0.15) is 0 Å². The van der Waals surface area contributed by atoms with Gasteiger partial charge in [0, 0.05) is 10.9 Å². The summed E-state index contributed by atoms with van der Waals surface area (Å²) in [6.45, 7) is 0.